The van der Waals surface area contributed by atoms with E-state index in [4.69, 9.17) is 0 Å². The molecule has 0 radical (unpaired) electrons. The quantitative estimate of drug-likeness (QED) is 0.620. The molecular formula is C13H17P. The Hall–Kier alpha value is -0.870. The smallest absolute Gasteiger partial charge is 0.0149 e. The van der Waals surface area contributed by atoms with Gasteiger partial charge in [-0.15, -0.1) is 0 Å². The van der Waals surface area contributed by atoms with Crippen molar-refractivity contribution in [2.75, 3.05) is 0 Å². The van der Waals surface area contributed by atoms with Crippen LogP contribution in [-0.4, -0.2) is 0 Å². The summed E-state index contributed by atoms with van der Waals surface area (Å²) in [6, 6.07) is 13.0. The van der Waals surface area contributed by atoms with Gasteiger partial charge in [0.1, 0.15) is 0 Å². The lowest BCUT2D eigenvalue weighted by atomic mass is 9.98. The number of rotatable bonds is 1. The van der Waals surface area contributed by atoms with Crippen molar-refractivity contribution in [1.29, 1.82) is 0 Å². The zero-order chi connectivity index (χ0) is 9.26. The standard InChI is InChI=1S/C13H14.H3P/c1-3-12-10(2)8-9-11-6-4-5-7-13(11)12;/h4-9H,3H2,1-2H3;1H3. The van der Waals surface area contributed by atoms with Gasteiger partial charge in [-0.2, -0.15) is 9.90 Å². The second-order valence-corrected chi connectivity index (χ2v) is 3.44. The minimum atomic E-state index is 0. The van der Waals surface area contributed by atoms with Crippen LogP contribution in [0, 0.1) is 6.92 Å². The van der Waals surface area contributed by atoms with E-state index in [9.17, 15) is 0 Å². The van der Waals surface area contributed by atoms with Crippen LogP contribution in [0.3, 0.4) is 0 Å². The second-order valence-electron chi connectivity index (χ2n) is 3.44. The Morgan fingerprint density at radius 3 is 2.43 bits per heavy atom. The number of hydrogen-bond acceptors (Lipinski definition) is 0. The van der Waals surface area contributed by atoms with Crippen molar-refractivity contribution in [3.63, 3.8) is 0 Å². The monoisotopic (exact) mass is 204 g/mol. The SMILES string of the molecule is CCc1c(C)ccc2ccccc12.P. The van der Waals surface area contributed by atoms with Crippen molar-refractivity contribution in [3.8, 4) is 0 Å². The van der Waals surface area contributed by atoms with Crippen LogP contribution in [0.1, 0.15) is 18.1 Å². The predicted molar refractivity (Wildman–Crippen MR) is 69.2 cm³/mol. The summed E-state index contributed by atoms with van der Waals surface area (Å²) in [5.41, 5.74) is 2.89. The minimum Gasteiger partial charge on any atom is -0.153 e. The molecule has 0 N–H and O–H groups in total. The Morgan fingerprint density at radius 2 is 1.71 bits per heavy atom. The summed E-state index contributed by atoms with van der Waals surface area (Å²) in [7, 11) is 0. The lowest BCUT2D eigenvalue weighted by molar-refractivity contribution is 1.13. The fourth-order valence-corrected chi connectivity index (χ4v) is 1.91. The highest BCUT2D eigenvalue weighted by molar-refractivity contribution is 6.92. The van der Waals surface area contributed by atoms with Gasteiger partial charge < -0.3 is 0 Å². The van der Waals surface area contributed by atoms with Crippen molar-refractivity contribution < 1.29 is 0 Å². The first kappa shape index (κ1) is 11.2. The Bertz CT molecular complexity index is 432. The van der Waals surface area contributed by atoms with E-state index >= 15 is 0 Å². The van der Waals surface area contributed by atoms with E-state index in [1.807, 2.05) is 0 Å². The molecule has 0 aliphatic rings. The Morgan fingerprint density at radius 1 is 1.00 bits per heavy atom. The van der Waals surface area contributed by atoms with E-state index in [0.29, 0.717) is 0 Å². The third kappa shape index (κ3) is 1.81. The van der Waals surface area contributed by atoms with Crippen LogP contribution in [-0.2, 0) is 6.42 Å². The molecule has 0 fully saturated rings. The number of benzene rings is 2. The summed E-state index contributed by atoms with van der Waals surface area (Å²) in [5.74, 6) is 0. The van der Waals surface area contributed by atoms with E-state index in [-0.39, 0.29) is 9.90 Å². The molecule has 14 heavy (non-hydrogen) atoms. The molecule has 0 bridgehead atoms. The largest absolute Gasteiger partial charge is 0.153 e. The summed E-state index contributed by atoms with van der Waals surface area (Å²) in [4.78, 5) is 0. The van der Waals surface area contributed by atoms with E-state index in [0.717, 1.165) is 6.42 Å². The van der Waals surface area contributed by atoms with Crippen LogP contribution in [0.15, 0.2) is 36.4 Å². The third-order valence-electron chi connectivity index (χ3n) is 2.63. The first-order valence-corrected chi connectivity index (χ1v) is 4.80. The highest BCUT2D eigenvalue weighted by atomic mass is 31.0. The molecular weight excluding hydrogens is 187 g/mol. The van der Waals surface area contributed by atoms with Gasteiger partial charge in [-0.3, -0.25) is 0 Å². The minimum absolute atomic E-state index is 0. The fourth-order valence-electron chi connectivity index (χ4n) is 1.91. The molecule has 2 aromatic rings. The summed E-state index contributed by atoms with van der Waals surface area (Å²) in [6.45, 7) is 4.40. The van der Waals surface area contributed by atoms with Crippen LogP contribution in [0.5, 0.6) is 0 Å². The summed E-state index contributed by atoms with van der Waals surface area (Å²) in [5, 5.41) is 2.76. The molecule has 0 aliphatic carbocycles. The van der Waals surface area contributed by atoms with E-state index in [2.05, 4.69) is 50.2 Å². The molecule has 1 unspecified atom stereocenters. The normalized spacial score (nSPS) is 9.86. The maximum atomic E-state index is 2.22. The van der Waals surface area contributed by atoms with Crippen molar-refractivity contribution in [1.82, 2.24) is 0 Å². The molecule has 0 amide bonds. The molecule has 1 heteroatoms. The van der Waals surface area contributed by atoms with Crippen LogP contribution in [0.4, 0.5) is 0 Å². The molecule has 0 saturated heterocycles. The van der Waals surface area contributed by atoms with Crippen LogP contribution >= 0.6 is 9.90 Å². The molecule has 74 valence electrons. The van der Waals surface area contributed by atoms with Gasteiger partial charge in [0.2, 0.25) is 0 Å². The van der Waals surface area contributed by atoms with Gasteiger partial charge in [-0.25, -0.2) is 0 Å². The van der Waals surface area contributed by atoms with E-state index < -0.39 is 0 Å². The lowest BCUT2D eigenvalue weighted by Crippen LogP contribution is -1.87. The number of fused-ring (bicyclic) bond motifs is 1. The zero-order valence-electron chi connectivity index (χ0n) is 8.88. The van der Waals surface area contributed by atoms with E-state index in [1.165, 1.54) is 21.9 Å². The Balaban J connectivity index is 0.000000980. The molecule has 1 atom stereocenters. The Kier molecular flexibility index (Phi) is 3.66. The Labute approximate surface area is 89.0 Å². The molecule has 0 nitrogen and oxygen atoms in total. The van der Waals surface area contributed by atoms with Gasteiger partial charge in [0, 0.05) is 0 Å². The van der Waals surface area contributed by atoms with Crippen molar-refractivity contribution in [3.05, 3.63) is 47.5 Å². The van der Waals surface area contributed by atoms with Crippen LogP contribution in [0.25, 0.3) is 10.8 Å². The van der Waals surface area contributed by atoms with Crippen LogP contribution in [0.2, 0.25) is 0 Å². The third-order valence-corrected chi connectivity index (χ3v) is 2.63. The molecule has 0 heterocycles. The number of aryl methyl sites for hydroxylation is 2. The highest BCUT2D eigenvalue weighted by Crippen LogP contribution is 2.22. The summed E-state index contributed by atoms with van der Waals surface area (Å²) >= 11 is 0. The maximum absolute atomic E-state index is 2.22. The average Bonchev–Trinajstić information content (AvgIpc) is 2.18. The summed E-state index contributed by atoms with van der Waals surface area (Å²) < 4.78 is 0. The van der Waals surface area contributed by atoms with E-state index in [1.54, 1.807) is 0 Å². The van der Waals surface area contributed by atoms with Crippen molar-refractivity contribution in [2.24, 2.45) is 0 Å². The molecule has 2 aromatic carbocycles. The van der Waals surface area contributed by atoms with Crippen LogP contribution < -0.4 is 0 Å². The highest BCUT2D eigenvalue weighted by Gasteiger charge is 2.00. The first-order valence-electron chi connectivity index (χ1n) is 4.80. The summed E-state index contributed by atoms with van der Waals surface area (Å²) in [6.07, 6.45) is 1.12. The molecule has 2 rings (SSSR count). The van der Waals surface area contributed by atoms with Crippen molar-refractivity contribution >= 4 is 20.7 Å². The predicted octanol–water partition coefficient (Wildman–Crippen LogP) is 3.77. The number of hydrogen-bond donors (Lipinski definition) is 0. The fraction of sp³-hybridized carbons (Fsp3) is 0.231. The first-order chi connectivity index (χ1) is 6.33. The van der Waals surface area contributed by atoms with Gasteiger partial charge >= 0.3 is 0 Å². The lowest BCUT2D eigenvalue weighted by Gasteiger charge is -2.07. The van der Waals surface area contributed by atoms with Gasteiger partial charge in [-0.1, -0.05) is 43.3 Å². The average molecular weight is 204 g/mol. The molecule has 0 saturated carbocycles. The zero-order valence-corrected chi connectivity index (χ0v) is 10.3. The molecule has 0 aliphatic heterocycles. The van der Waals surface area contributed by atoms with Gasteiger partial charge in [0.05, 0.1) is 0 Å². The second kappa shape index (κ2) is 4.57. The topological polar surface area (TPSA) is 0 Å². The molecule has 0 aromatic heterocycles. The van der Waals surface area contributed by atoms with Gasteiger partial charge in [-0.05, 0) is 35.2 Å². The van der Waals surface area contributed by atoms with Gasteiger partial charge in [0.15, 0.2) is 0 Å². The maximum Gasteiger partial charge on any atom is -0.0149 e. The van der Waals surface area contributed by atoms with Gasteiger partial charge in [0.25, 0.3) is 0 Å². The molecule has 0 spiro atoms. The van der Waals surface area contributed by atoms with Crippen molar-refractivity contribution in [2.45, 2.75) is 20.3 Å².